The van der Waals surface area contributed by atoms with Gasteiger partial charge >= 0.3 is 5.97 Å². The van der Waals surface area contributed by atoms with Crippen molar-refractivity contribution in [1.82, 2.24) is 0 Å². The Kier molecular flexibility index (Phi) is 4.29. The van der Waals surface area contributed by atoms with Crippen LogP contribution in [0.2, 0.25) is 0 Å². The molecule has 0 spiro atoms. The number of aryl methyl sites for hydroxylation is 2. The number of esters is 1. The number of fused-ring (bicyclic) bond motifs is 1. The van der Waals surface area contributed by atoms with Gasteiger partial charge in [-0.2, -0.15) is 0 Å². The Labute approximate surface area is 139 Å². The molecule has 0 bridgehead atoms. The van der Waals surface area contributed by atoms with Gasteiger partial charge in [0.25, 0.3) is 0 Å². The van der Waals surface area contributed by atoms with Gasteiger partial charge < -0.3 is 18.6 Å². The molecule has 0 fully saturated rings. The van der Waals surface area contributed by atoms with Gasteiger partial charge in [-0.1, -0.05) is 0 Å². The fraction of sp³-hybridized carbons (Fsp3) is 0.333. The lowest BCUT2D eigenvalue weighted by Crippen LogP contribution is -2.17. The zero-order valence-corrected chi connectivity index (χ0v) is 13.8. The molecule has 0 atom stereocenters. The van der Waals surface area contributed by atoms with Crippen LogP contribution in [0.15, 0.2) is 22.6 Å². The smallest absolute Gasteiger partial charge is 0.342 e. The number of benzene rings is 1. The third kappa shape index (κ3) is 2.99. The lowest BCUT2D eigenvalue weighted by molar-refractivity contribution is 0.0472. The number of hydrogen-bond acceptors (Lipinski definition) is 6. The zero-order chi connectivity index (χ0) is 17.3. The first-order valence-electron chi connectivity index (χ1n) is 7.64. The van der Waals surface area contributed by atoms with E-state index in [0.29, 0.717) is 47.4 Å². The molecule has 6 heteroatoms. The van der Waals surface area contributed by atoms with E-state index in [9.17, 15) is 9.59 Å². The molecule has 0 N–H and O–H groups in total. The monoisotopic (exact) mass is 330 g/mol. The van der Waals surface area contributed by atoms with Gasteiger partial charge in [0.1, 0.15) is 30.3 Å². The third-order valence-corrected chi connectivity index (χ3v) is 3.96. The van der Waals surface area contributed by atoms with Gasteiger partial charge in [-0.05, 0) is 39.0 Å². The van der Waals surface area contributed by atoms with Crippen molar-refractivity contribution in [3.8, 4) is 11.5 Å². The van der Waals surface area contributed by atoms with Crippen molar-refractivity contribution in [2.24, 2.45) is 0 Å². The molecule has 1 aliphatic heterocycles. The number of hydrogen-bond donors (Lipinski definition) is 0. The Morgan fingerprint density at radius 1 is 1.04 bits per heavy atom. The zero-order valence-electron chi connectivity index (χ0n) is 13.8. The van der Waals surface area contributed by atoms with Gasteiger partial charge in [0.15, 0.2) is 23.9 Å². The van der Waals surface area contributed by atoms with Crippen LogP contribution in [0.1, 0.15) is 37.8 Å². The van der Waals surface area contributed by atoms with Crippen LogP contribution < -0.4 is 9.47 Å². The Morgan fingerprint density at radius 2 is 1.75 bits per heavy atom. The summed E-state index contributed by atoms with van der Waals surface area (Å²) in [7, 11) is 0. The lowest BCUT2D eigenvalue weighted by Gasteiger charge is -2.18. The molecule has 0 saturated carbocycles. The van der Waals surface area contributed by atoms with Crippen molar-refractivity contribution >= 4 is 11.8 Å². The molecular formula is C18H18O6. The molecule has 0 radical (unpaired) electrons. The van der Waals surface area contributed by atoms with Crippen molar-refractivity contribution in [2.75, 3.05) is 19.8 Å². The maximum absolute atomic E-state index is 12.2. The van der Waals surface area contributed by atoms with E-state index in [1.807, 2.05) is 0 Å². The van der Waals surface area contributed by atoms with Crippen LogP contribution >= 0.6 is 0 Å². The van der Waals surface area contributed by atoms with Crippen molar-refractivity contribution < 1.29 is 28.2 Å². The molecule has 0 amide bonds. The van der Waals surface area contributed by atoms with Crippen LogP contribution in [-0.4, -0.2) is 31.6 Å². The summed E-state index contributed by atoms with van der Waals surface area (Å²) in [5.41, 5.74) is 1.51. The Hall–Kier alpha value is -2.76. The van der Waals surface area contributed by atoms with Crippen molar-refractivity contribution in [1.29, 1.82) is 0 Å². The van der Waals surface area contributed by atoms with E-state index in [0.717, 1.165) is 5.56 Å². The normalized spacial score (nSPS) is 12.8. The van der Waals surface area contributed by atoms with E-state index in [-0.39, 0.29) is 12.4 Å². The molecule has 1 aliphatic rings. The number of carbonyl (C=O) groups is 2. The summed E-state index contributed by atoms with van der Waals surface area (Å²) >= 11 is 0. The molecule has 2 aromatic rings. The van der Waals surface area contributed by atoms with Crippen LogP contribution in [-0.2, 0) is 4.74 Å². The van der Waals surface area contributed by atoms with Gasteiger partial charge in [0.05, 0.1) is 0 Å². The molecule has 126 valence electrons. The highest BCUT2D eigenvalue weighted by Gasteiger charge is 2.21. The maximum atomic E-state index is 12.2. The predicted molar refractivity (Wildman–Crippen MR) is 85.0 cm³/mol. The summed E-state index contributed by atoms with van der Waals surface area (Å²) in [5, 5.41) is 0. The van der Waals surface area contributed by atoms with E-state index in [1.165, 1.54) is 0 Å². The number of rotatable bonds is 4. The SMILES string of the molecule is Cc1oc(C)c(C(=O)OCC(=O)c2ccc3c(c2)OCCO3)c1C. The number of ketones is 1. The van der Waals surface area contributed by atoms with Crippen molar-refractivity contribution in [3.63, 3.8) is 0 Å². The predicted octanol–water partition coefficient (Wildman–Crippen LogP) is 3.02. The molecule has 2 heterocycles. The highest BCUT2D eigenvalue weighted by molar-refractivity contribution is 6.00. The quantitative estimate of drug-likeness (QED) is 0.634. The van der Waals surface area contributed by atoms with E-state index in [1.54, 1.807) is 39.0 Å². The molecule has 1 aromatic heterocycles. The molecule has 3 rings (SSSR count). The average Bonchev–Trinajstić information content (AvgIpc) is 2.84. The van der Waals surface area contributed by atoms with E-state index >= 15 is 0 Å². The summed E-state index contributed by atoms with van der Waals surface area (Å²) in [6.45, 7) is 5.84. The second-order valence-electron chi connectivity index (χ2n) is 5.57. The van der Waals surface area contributed by atoms with E-state index in [2.05, 4.69) is 0 Å². The molecule has 24 heavy (non-hydrogen) atoms. The molecule has 6 nitrogen and oxygen atoms in total. The van der Waals surface area contributed by atoms with Crippen LogP contribution in [0, 0.1) is 20.8 Å². The Bertz CT molecular complexity index is 802. The van der Waals surface area contributed by atoms with Crippen LogP contribution in [0.25, 0.3) is 0 Å². The second-order valence-corrected chi connectivity index (χ2v) is 5.57. The Morgan fingerprint density at radius 3 is 2.42 bits per heavy atom. The summed E-state index contributed by atoms with van der Waals surface area (Å²) in [6, 6.07) is 4.91. The number of Topliss-reactive ketones (excluding diaryl/α,β-unsaturated/α-hetero) is 1. The molecule has 1 aromatic carbocycles. The summed E-state index contributed by atoms with van der Waals surface area (Å²) in [5.74, 6) is 1.41. The van der Waals surface area contributed by atoms with Crippen molar-refractivity contribution in [2.45, 2.75) is 20.8 Å². The number of carbonyl (C=O) groups excluding carboxylic acids is 2. The maximum Gasteiger partial charge on any atom is 0.342 e. The van der Waals surface area contributed by atoms with Gasteiger partial charge in [0, 0.05) is 11.1 Å². The highest BCUT2D eigenvalue weighted by atomic mass is 16.6. The summed E-state index contributed by atoms with van der Waals surface area (Å²) in [6.07, 6.45) is 0. The second kappa shape index (κ2) is 6.39. The Balaban J connectivity index is 1.68. The third-order valence-electron chi connectivity index (χ3n) is 3.96. The van der Waals surface area contributed by atoms with Crippen molar-refractivity contribution in [3.05, 3.63) is 46.4 Å². The van der Waals surface area contributed by atoms with Crippen LogP contribution in [0.5, 0.6) is 11.5 Å². The topological polar surface area (TPSA) is 75.0 Å². The fourth-order valence-electron chi connectivity index (χ4n) is 2.60. The lowest BCUT2D eigenvalue weighted by atomic mass is 10.1. The van der Waals surface area contributed by atoms with Gasteiger partial charge in [0.2, 0.25) is 0 Å². The first-order chi connectivity index (χ1) is 11.5. The van der Waals surface area contributed by atoms with Crippen LogP contribution in [0.3, 0.4) is 0 Å². The van der Waals surface area contributed by atoms with E-state index in [4.69, 9.17) is 18.6 Å². The number of ether oxygens (including phenoxy) is 3. The van der Waals surface area contributed by atoms with E-state index < -0.39 is 5.97 Å². The van der Waals surface area contributed by atoms with Crippen LogP contribution in [0.4, 0.5) is 0 Å². The average molecular weight is 330 g/mol. The first kappa shape index (κ1) is 16.1. The largest absolute Gasteiger partial charge is 0.486 e. The molecule has 0 aliphatic carbocycles. The van der Waals surface area contributed by atoms with Gasteiger partial charge in [-0.3, -0.25) is 4.79 Å². The minimum absolute atomic E-state index is 0.309. The van der Waals surface area contributed by atoms with Gasteiger partial charge in [-0.25, -0.2) is 4.79 Å². The molecule has 0 saturated heterocycles. The summed E-state index contributed by atoms with van der Waals surface area (Å²) in [4.78, 5) is 24.4. The molecular weight excluding hydrogens is 312 g/mol. The minimum Gasteiger partial charge on any atom is -0.486 e. The highest BCUT2D eigenvalue weighted by Crippen LogP contribution is 2.31. The minimum atomic E-state index is -0.562. The fourth-order valence-corrected chi connectivity index (χ4v) is 2.60. The van der Waals surface area contributed by atoms with Gasteiger partial charge in [-0.15, -0.1) is 0 Å². The summed E-state index contributed by atoms with van der Waals surface area (Å²) < 4.78 is 21.4. The molecule has 0 unspecified atom stereocenters. The number of furan rings is 1. The first-order valence-corrected chi connectivity index (χ1v) is 7.64. The standard InChI is InChI=1S/C18H18O6/c1-10-11(2)24-12(3)17(10)18(20)23-9-14(19)13-4-5-15-16(8-13)22-7-6-21-15/h4-5,8H,6-7,9H2,1-3H3.